The lowest BCUT2D eigenvalue weighted by Gasteiger charge is -2.23. The standard InChI is InChI=1S/C16H22N2O4/c1-4-12(11-8-6-5-7-9-11)15(20)22-13(10(2)3)14(19)18-16(17)21/h5-10,12-13H,4H2,1-3H3,(H3,17,18,19,21)/t12-,13-/m0/s1. The zero-order chi connectivity index (χ0) is 16.7. The number of imide groups is 1. The maximum Gasteiger partial charge on any atom is 0.318 e. The Bertz CT molecular complexity index is 528. The molecule has 0 heterocycles. The van der Waals surface area contributed by atoms with Crippen LogP contribution in [-0.2, 0) is 14.3 Å². The Hall–Kier alpha value is -2.37. The van der Waals surface area contributed by atoms with Crippen molar-refractivity contribution < 1.29 is 19.1 Å². The number of rotatable bonds is 6. The second kappa shape index (κ2) is 8.17. The molecule has 0 radical (unpaired) electrons. The van der Waals surface area contributed by atoms with Crippen LogP contribution in [0.15, 0.2) is 30.3 Å². The van der Waals surface area contributed by atoms with Gasteiger partial charge in [0.05, 0.1) is 5.92 Å². The van der Waals surface area contributed by atoms with E-state index in [1.165, 1.54) is 0 Å². The Kier molecular flexibility index (Phi) is 6.56. The van der Waals surface area contributed by atoms with E-state index in [2.05, 4.69) is 0 Å². The summed E-state index contributed by atoms with van der Waals surface area (Å²) in [7, 11) is 0. The van der Waals surface area contributed by atoms with Gasteiger partial charge in [-0.3, -0.25) is 14.9 Å². The van der Waals surface area contributed by atoms with E-state index in [0.29, 0.717) is 6.42 Å². The fraction of sp³-hybridized carbons (Fsp3) is 0.438. The minimum atomic E-state index is -1.06. The van der Waals surface area contributed by atoms with Gasteiger partial charge in [-0.1, -0.05) is 51.1 Å². The van der Waals surface area contributed by atoms with E-state index >= 15 is 0 Å². The van der Waals surface area contributed by atoms with Gasteiger partial charge in [0.15, 0.2) is 6.10 Å². The number of esters is 1. The number of hydrogen-bond acceptors (Lipinski definition) is 4. The summed E-state index contributed by atoms with van der Waals surface area (Å²) in [6.45, 7) is 5.32. The van der Waals surface area contributed by atoms with Gasteiger partial charge in [-0.15, -0.1) is 0 Å². The van der Waals surface area contributed by atoms with Gasteiger partial charge < -0.3 is 10.5 Å². The molecule has 6 heteroatoms. The van der Waals surface area contributed by atoms with Gasteiger partial charge in [0.25, 0.3) is 5.91 Å². The van der Waals surface area contributed by atoms with Crippen molar-refractivity contribution in [1.82, 2.24) is 5.32 Å². The van der Waals surface area contributed by atoms with Crippen molar-refractivity contribution >= 4 is 17.9 Å². The summed E-state index contributed by atoms with van der Waals surface area (Å²) < 4.78 is 5.32. The van der Waals surface area contributed by atoms with Gasteiger partial charge in [-0.25, -0.2) is 4.79 Å². The van der Waals surface area contributed by atoms with Crippen LogP contribution < -0.4 is 11.1 Å². The molecule has 6 nitrogen and oxygen atoms in total. The predicted octanol–water partition coefficient (Wildman–Crippen LogP) is 1.94. The van der Waals surface area contributed by atoms with E-state index < -0.39 is 29.9 Å². The molecule has 3 N–H and O–H groups in total. The maximum absolute atomic E-state index is 12.4. The number of primary amides is 1. The first-order valence-electron chi connectivity index (χ1n) is 7.22. The normalized spacial score (nSPS) is 13.3. The Labute approximate surface area is 130 Å². The van der Waals surface area contributed by atoms with Crippen molar-refractivity contribution in [3.63, 3.8) is 0 Å². The fourth-order valence-electron chi connectivity index (χ4n) is 2.12. The molecule has 120 valence electrons. The van der Waals surface area contributed by atoms with E-state index in [4.69, 9.17) is 10.5 Å². The topological polar surface area (TPSA) is 98.5 Å². The van der Waals surface area contributed by atoms with Crippen molar-refractivity contribution in [2.24, 2.45) is 11.7 Å². The highest BCUT2D eigenvalue weighted by molar-refractivity contribution is 5.97. The van der Waals surface area contributed by atoms with Crippen LogP contribution in [0.5, 0.6) is 0 Å². The van der Waals surface area contributed by atoms with Crippen LogP contribution in [0, 0.1) is 5.92 Å². The molecule has 2 atom stereocenters. The molecule has 22 heavy (non-hydrogen) atoms. The summed E-state index contributed by atoms with van der Waals surface area (Å²) in [5.41, 5.74) is 5.75. The molecule has 0 spiro atoms. The number of urea groups is 1. The Morgan fingerprint density at radius 2 is 1.77 bits per heavy atom. The van der Waals surface area contributed by atoms with Crippen LogP contribution in [0.4, 0.5) is 4.79 Å². The Balaban J connectivity index is 2.86. The summed E-state index contributed by atoms with van der Waals surface area (Å²) in [6.07, 6.45) is -0.511. The molecule has 0 saturated heterocycles. The second-order valence-electron chi connectivity index (χ2n) is 5.33. The Morgan fingerprint density at radius 3 is 2.23 bits per heavy atom. The molecule has 1 aromatic rings. The third kappa shape index (κ3) is 4.87. The smallest absolute Gasteiger partial charge is 0.318 e. The third-order valence-corrected chi connectivity index (χ3v) is 3.25. The number of benzene rings is 1. The average Bonchev–Trinajstić information content (AvgIpc) is 2.45. The van der Waals surface area contributed by atoms with Crippen LogP contribution >= 0.6 is 0 Å². The first kappa shape index (κ1) is 17.7. The van der Waals surface area contributed by atoms with Crippen molar-refractivity contribution in [2.45, 2.75) is 39.2 Å². The zero-order valence-corrected chi connectivity index (χ0v) is 13.0. The highest BCUT2D eigenvalue weighted by atomic mass is 16.5. The molecular weight excluding hydrogens is 284 g/mol. The van der Waals surface area contributed by atoms with Crippen molar-refractivity contribution in [1.29, 1.82) is 0 Å². The Morgan fingerprint density at radius 1 is 1.18 bits per heavy atom. The number of carbonyl (C=O) groups is 3. The second-order valence-corrected chi connectivity index (χ2v) is 5.33. The molecular formula is C16H22N2O4. The van der Waals surface area contributed by atoms with Crippen LogP contribution in [0.25, 0.3) is 0 Å². The van der Waals surface area contributed by atoms with E-state index in [1.54, 1.807) is 13.8 Å². The van der Waals surface area contributed by atoms with Gasteiger partial charge in [-0.05, 0) is 17.9 Å². The summed E-state index contributed by atoms with van der Waals surface area (Å²) in [6, 6.07) is 8.24. The highest BCUT2D eigenvalue weighted by Crippen LogP contribution is 2.22. The zero-order valence-electron chi connectivity index (χ0n) is 13.0. The molecule has 1 rings (SSSR count). The van der Waals surface area contributed by atoms with Crippen molar-refractivity contribution in [2.75, 3.05) is 0 Å². The number of nitrogens with one attached hydrogen (secondary N) is 1. The lowest BCUT2D eigenvalue weighted by atomic mass is 9.96. The van der Waals surface area contributed by atoms with E-state index in [-0.39, 0.29) is 5.92 Å². The summed E-state index contributed by atoms with van der Waals surface area (Å²) in [4.78, 5) is 35.0. The van der Waals surface area contributed by atoms with Crippen LogP contribution in [0.2, 0.25) is 0 Å². The molecule has 0 aliphatic carbocycles. The first-order chi connectivity index (χ1) is 10.4. The van der Waals surface area contributed by atoms with Gasteiger partial charge >= 0.3 is 12.0 Å². The van der Waals surface area contributed by atoms with E-state index in [0.717, 1.165) is 5.56 Å². The molecule has 0 bridgehead atoms. The first-order valence-corrected chi connectivity index (χ1v) is 7.22. The summed E-state index contributed by atoms with van der Waals surface area (Å²) >= 11 is 0. The molecule has 0 aromatic heterocycles. The van der Waals surface area contributed by atoms with Gasteiger partial charge in [-0.2, -0.15) is 0 Å². The van der Waals surface area contributed by atoms with Gasteiger partial charge in [0.2, 0.25) is 0 Å². The lowest BCUT2D eigenvalue weighted by molar-refractivity contribution is -0.159. The van der Waals surface area contributed by atoms with E-state index in [9.17, 15) is 14.4 Å². The summed E-state index contributed by atoms with van der Waals surface area (Å²) in [5.74, 6) is -1.94. The monoisotopic (exact) mass is 306 g/mol. The molecule has 0 aliphatic rings. The molecule has 0 unspecified atom stereocenters. The minimum absolute atomic E-state index is 0.281. The van der Waals surface area contributed by atoms with Gasteiger partial charge in [0, 0.05) is 0 Å². The van der Waals surface area contributed by atoms with Crippen molar-refractivity contribution in [3.05, 3.63) is 35.9 Å². The van der Waals surface area contributed by atoms with Crippen LogP contribution in [0.1, 0.15) is 38.7 Å². The number of carbonyl (C=O) groups excluding carboxylic acids is 3. The van der Waals surface area contributed by atoms with Crippen molar-refractivity contribution in [3.8, 4) is 0 Å². The fourth-order valence-corrected chi connectivity index (χ4v) is 2.12. The predicted molar refractivity (Wildman–Crippen MR) is 81.9 cm³/mol. The molecule has 0 fully saturated rings. The number of amides is 3. The minimum Gasteiger partial charge on any atom is -0.451 e. The molecule has 3 amide bonds. The lowest BCUT2D eigenvalue weighted by Crippen LogP contribution is -2.46. The summed E-state index contributed by atoms with van der Waals surface area (Å²) in [5, 5.41) is 1.95. The van der Waals surface area contributed by atoms with Crippen LogP contribution in [-0.4, -0.2) is 24.0 Å². The van der Waals surface area contributed by atoms with Crippen LogP contribution in [0.3, 0.4) is 0 Å². The quantitative estimate of drug-likeness (QED) is 0.785. The number of nitrogens with two attached hydrogens (primary N) is 1. The SMILES string of the molecule is CC[C@H](C(=O)O[C@H](C(=O)NC(N)=O)C(C)C)c1ccccc1. The molecule has 0 aliphatic heterocycles. The number of ether oxygens (including phenoxy) is 1. The van der Waals surface area contributed by atoms with Gasteiger partial charge in [0.1, 0.15) is 0 Å². The third-order valence-electron chi connectivity index (χ3n) is 3.25. The number of hydrogen-bond donors (Lipinski definition) is 2. The highest BCUT2D eigenvalue weighted by Gasteiger charge is 2.30. The largest absolute Gasteiger partial charge is 0.451 e. The average molecular weight is 306 g/mol. The maximum atomic E-state index is 12.4. The van der Waals surface area contributed by atoms with E-state index in [1.807, 2.05) is 42.6 Å². The molecule has 0 saturated carbocycles. The molecule has 1 aromatic carbocycles.